The number of carbonyl (C=O) groups excluding carboxylic acids is 2. The molecule has 0 rings (SSSR count). The van der Waals surface area contributed by atoms with Crippen molar-refractivity contribution in [3.05, 3.63) is 12.2 Å². The maximum atomic E-state index is 11.4. The van der Waals surface area contributed by atoms with E-state index in [1.165, 1.54) is 0 Å². The van der Waals surface area contributed by atoms with E-state index in [0.717, 1.165) is 0 Å². The second kappa shape index (κ2) is 6.43. The molecule has 0 N–H and O–H groups in total. The van der Waals surface area contributed by atoms with Gasteiger partial charge in [0.15, 0.2) is 5.78 Å². The molecule has 0 aliphatic heterocycles. The quantitative estimate of drug-likeness (QED) is 0.470. The van der Waals surface area contributed by atoms with Crippen molar-refractivity contribution in [2.24, 2.45) is 0 Å². The lowest BCUT2D eigenvalue weighted by Crippen LogP contribution is -2.28. The van der Waals surface area contributed by atoms with Crippen LogP contribution in [0.25, 0.3) is 0 Å². The average Bonchev–Trinajstić information content (AvgIpc) is 2.15. The van der Waals surface area contributed by atoms with Gasteiger partial charge in [-0.15, -0.1) is 0 Å². The first-order valence-electron chi connectivity index (χ1n) is 5.23. The molecule has 0 saturated carbocycles. The third kappa shape index (κ3) is 5.66. The summed E-state index contributed by atoms with van der Waals surface area (Å²) in [6.45, 7) is 11.3. The molecule has 0 amide bonds. The maximum absolute atomic E-state index is 11.4. The molecule has 0 radical (unpaired) electrons. The molecule has 16 heavy (non-hydrogen) atoms. The van der Waals surface area contributed by atoms with E-state index in [0.29, 0.717) is 25.1 Å². The van der Waals surface area contributed by atoms with E-state index in [4.69, 9.17) is 9.47 Å². The molecule has 4 nitrogen and oxygen atoms in total. The highest BCUT2D eigenvalue weighted by molar-refractivity contribution is 5.97. The van der Waals surface area contributed by atoms with Gasteiger partial charge in [-0.3, -0.25) is 9.59 Å². The lowest BCUT2D eigenvalue weighted by molar-refractivity contribution is -0.143. The van der Waals surface area contributed by atoms with Crippen LogP contribution in [0, 0.1) is 0 Å². The molecule has 0 aromatic rings. The van der Waals surface area contributed by atoms with Gasteiger partial charge in [-0.1, -0.05) is 6.58 Å². The van der Waals surface area contributed by atoms with Crippen LogP contribution in [-0.4, -0.2) is 30.6 Å². The first kappa shape index (κ1) is 14.8. The summed E-state index contributed by atoms with van der Waals surface area (Å²) in [7, 11) is 0. The van der Waals surface area contributed by atoms with Crippen LogP contribution in [0.2, 0.25) is 0 Å². The third-order valence-electron chi connectivity index (χ3n) is 2.23. The molecule has 0 spiro atoms. The van der Waals surface area contributed by atoms with E-state index in [1.807, 2.05) is 0 Å². The van der Waals surface area contributed by atoms with Crippen LogP contribution in [0.5, 0.6) is 0 Å². The predicted molar refractivity (Wildman–Crippen MR) is 61.1 cm³/mol. The fraction of sp³-hybridized carbons (Fsp3) is 0.667. The minimum atomic E-state index is -0.562. The Morgan fingerprint density at radius 2 is 2.06 bits per heavy atom. The van der Waals surface area contributed by atoms with Gasteiger partial charge in [-0.25, -0.2) is 0 Å². The second-order valence-corrected chi connectivity index (χ2v) is 4.38. The highest BCUT2D eigenvalue weighted by atomic mass is 16.5. The number of Topliss-reactive ketones (excluding diaryl/α,β-unsaturated/α-hetero) is 1. The summed E-state index contributed by atoms with van der Waals surface area (Å²) in [6.07, 6.45) is 0.0454. The van der Waals surface area contributed by atoms with Gasteiger partial charge >= 0.3 is 0 Å². The number of ether oxygens (including phenoxy) is 2. The van der Waals surface area contributed by atoms with Crippen LogP contribution in [0.1, 0.15) is 34.1 Å². The summed E-state index contributed by atoms with van der Waals surface area (Å²) < 4.78 is 10.2. The molecule has 1 unspecified atom stereocenters. The zero-order chi connectivity index (χ0) is 12.8. The average molecular weight is 228 g/mol. The molecule has 0 aliphatic rings. The van der Waals surface area contributed by atoms with Crippen LogP contribution in [0.3, 0.4) is 0 Å². The van der Waals surface area contributed by atoms with Crippen LogP contribution in [-0.2, 0) is 19.1 Å². The molecule has 92 valence electrons. The smallest absolute Gasteiger partial charge is 0.293 e. The van der Waals surface area contributed by atoms with Crippen molar-refractivity contribution in [1.82, 2.24) is 0 Å². The summed E-state index contributed by atoms with van der Waals surface area (Å²) in [6, 6.07) is 0. The maximum Gasteiger partial charge on any atom is 0.293 e. The predicted octanol–water partition coefficient (Wildman–Crippen LogP) is 1.88. The summed E-state index contributed by atoms with van der Waals surface area (Å²) in [4.78, 5) is 21.6. The Bertz CT molecular complexity index is 268. The van der Waals surface area contributed by atoms with Crippen molar-refractivity contribution in [2.45, 2.75) is 45.8 Å². The Morgan fingerprint density at radius 1 is 1.50 bits per heavy atom. The van der Waals surface area contributed by atoms with E-state index in [1.54, 1.807) is 27.7 Å². The molecule has 4 heteroatoms. The topological polar surface area (TPSA) is 52.6 Å². The van der Waals surface area contributed by atoms with Gasteiger partial charge in [0.2, 0.25) is 0 Å². The first-order chi connectivity index (χ1) is 7.30. The van der Waals surface area contributed by atoms with Crippen LogP contribution in [0.15, 0.2) is 12.2 Å². The summed E-state index contributed by atoms with van der Waals surface area (Å²) in [5.41, 5.74) is -0.0794. The number of ketones is 1. The second-order valence-electron chi connectivity index (χ2n) is 4.38. The molecule has 0 bridgehead atoms. The van der Waals surface area contributed by atoms with E-state index in [2.05, 4.69) is 6.58 Å². The number of rotatable bonds is 8. The highest BCUT2D eigenvalue weighted by Gasteiger charge is 2.20. The SMILES string of the molecule is C=C(C)C(=O)C(C)OCCC(C)(C)OC=O. The first-order valence-corrected chi connectivity index (χ1v) is 5.23. The highest BCUT2D eigenvalue weighted by Crippen LogP contribution is 2.13. The van der Waals surface area contributed by atoms with Crippen LogP contribution < -0.4 is 0 Å². The van der Waals surface area contributed by atoms with Crippen molar-refractivity contribution in [3.63, 3.8) is 0 Å². The molecule has 0 fully saturated rings. The van der Waals surface area contributed by atoms with Crippen molar-refractivity contribution < 1.29 is 19.1 Å². The molecular formula is C12H20O4. The summed E-state index contributed by atoms with van der Waals surface area (Å²) in [5, 5.41) is 0. The Labute approximate surface area is 96.6 Å². The van der Waals surface area contributed by atoms with Gasteiger partial charge in [0.1, 0.15) is 11.7 Å². The van der Waals surface area contributed by atoms with Gasteiger partial charge in [-0.2, -0.15) is 0 Å². The largest absolute Gasteiger partial charge is 0.462 e. The minimum Gasteiger partial charge on any atom is -0.462 e. The fourth-order valence-corrected chi connectivity index (χ4v) is 1.09. The van der Waals surface area contributed by atoms with Gasteiger partial charge in [0, 0.05) is 6.42 Å². The molecular weight excluding hydrogens is 208 g/mol. The number of carbonyl (C=O) groups is 2. The van der Waals surface area contributed by atoms with Crippen molar-refractivity contribution in [2.75, 3.05) is 6.61 Å². The standard InChI is InChI=1S/C12H20O4/c1-9(2)11(14)10(3)15-7-6-12(4,5)16-8-13/h8,10H,1,6-7H2,2-5H3. The Morgan fingerprint density at radius 3 is 2.50 bits per heavy atom. The minimum absolute atomic E-state index is 0.103. The summed E-state index contributed by atoms with van der Waals surface area (Å²) >= 11 is 0. The van der Waals surface area contributed by atoms with E-state index in [-0.39, 0.29) is 5.78 Å². The Balaban J connectivity index is 3.94. The molecule has 0 aromatic heterocycles. The molecule has 0 aromatic carbocycles. The Kier molecular flexibility index (Phi) is 5.96. The zero-order valence-electron chi connectivity index (χ0n) is 10.4. The zero-order valence-corrected chi connectivity index (χ0v) is 10.4. The van der Waals surface area contributed by atoms with Crippen LogP contribution >= 0.6 is 0 Å². The van der Waals surface area contributed by atoms with Gasteiger partial charge in [0.25, 0.3) is 6.47 Å². The molecule has 0 aliphatic carbocycles. The van der Waals surface area contributed by atoms with Gasteiger partial charge in [0.05, 0.1) is 6.61 Å². The van der Waals surface area contributed by atoms with E-state index < -0.39 is 11.7 Å². The van der Waals surface area contributed by atoms with Crippen LogP contribution in [0.4, 0.5) is 0 Å². The normalized spacial score (nSPS) is 13.0. The lowest BCUT2D eigenvalue weighted by atomic mass is 10.1. The number of hydrogen-bond acceptors (Lipinski definition) is 4. The molecule has 0 saturated heterocycles. The summed E-state index contributed by atoms with van der Waals surface area (Å²) in [5.74, 6) is -0.103. The third-order valence-corrected chi connectivity index (χ3v) is 2.23. The van der Waals surface area contributed by atoms with Crippen molar-refractivity contribution >= 4 is 12.3 Å². The van der Waals surface area contributed by atoms with Gasteiger partial charge < -0.3 is 9.47 Å². The van der Waals surface area contributed by atoms with E-state index >= 15 is 0 Å². The molecule has 0 heterocycles. The monoisotopic (exact) mass is 228 g/mol. The molecule has 1 atom stereocenters. The lowest BCUT2D eigenvalue weighted by Gasteiger charge is -2.23. The van der Waals surface area contributed by atoms with Crippen molar-refractivity contribution in [3.8, 4) is 0 Å². The number of hydrogen-bond donors (Lipinski definition) is 0. The Hall–Kier alpha value is -1.16. The van der Waals surface area contributed by atoms with Gasteiger partial charge in [-0.05, 0) is 33.3 Å². The fourth-order valence-electron chi connectivity index (χ4n) is 1.09. The van der Waals surface area contributed by atoms with Crippen molar-refractivity contribution in [1.29, 1.82) is 0 Å². The van der Waals surface area contributed by atoms with E-state index in [9.17, 15) is 9.59 Å².